The first-order chi connectivity index (χ1) is 9.31. The highest BCUT2D eigenvalue weighted by atomic mass is 15.0. The molecule has 1 heterocycles. The molecule has 0 aliphatic rings. The summed E-state index contributed by atoms with van der Waals surface area (Å²) in [5, 5.41) is 0. The first kappa shape index (κ1) is 11.5. The summed E-state index contributed by atoms with van der Waals surface area (Å²) >= 11 is 0. The second-order valence-electron chi connectivity index (χ2n) is 4.54. The molecule has 0 aliphatic carbocycles. The van der Waals surface area contributed by atoms with E-state index in [4.69, 9.17) is 5.73 Å². The zero-order valence-electron chi connectivity index (χ0n) is 10.5. The van der Waals surface area contributed by atoms with E-state index in [1.54, 1.807) is 0 Å². The maximum Gasteiger partial charge on any atom is 0.0956 e. The van der Waals surface area contributed by atoms with Crippen LogP contribution < -0.4 is 5.73 Å². The molecule has 0 bridgehead atoms. The number of imidazole rings is 1. The van der Waals surface area contributed by atoms with E-state index in [0.29, 0.717) is 0 Å². The third kappa shape index (κ3) is 2.65. The van der Waals surface area contributed by atoms with Crippen LogP contribution in [0.15, 0.2) is 67.1 Å². The smallest absolute Gasteiger partial charge is 0.0956 e. The van der Waals surface area contributed by atoms with Gasteiger partial charge in [-0.2, -0.15) is 0 Å². The predicted molar refractivity (Wildman–Crippen MR) is 77.6 cm³/mol. The van der Waals surface area contributed by atoms with Crippen LogP contribution in [0.25, 0.3) is 11.3 Å². The minimum atomic E-state index is 0.771. The van der Waals surface area contributed by atoms with Crippen molar-refractivity contribution in [2.75, 3.05) is 5.73 Å². The summed E-state index contributed by atoms with van der Waals surface area (Å²) in [6.07, 6.45) is 3.91. The number of hydrogen-bond acceptors (Lipinski definition) is 2. The Morgan fingerprint density at radius 2 is 1.68 bits per heavy atom. The van der Waals surface area contributed by atoms with Gasteiger partial charge in [-0.05, 0) is 17.7 Å². The minimum Gasteiger partial charge on any atom is -0.399 e. The van der Waals surface area contributed by atoms with Gasteiger partial charge in [0.1, 0.15) is 0 Å². The van der Waals surface area contributed by atoms with Crippen molar-refractivity contribution in [2.45, 2.75) is 6.54 Å². The van der Waals surface area contributed by atoms with E-state index in [-0.39, 0.29) is 0 Å². The van der Waals surface area contributed by atoms with Gasteiger partial charge in [0.2, 0.25) is 0 Å². The molecule has 0 amide bonds. The van der Waals surface area contributed by atoms with Crippen molar-refractivity contribution < 1.29 is 0 Å². The van der Waals surface area contributed by atoms with Crippen molar-refractivity contribution in [1.29, 1.82) is 0 Å². The molecule has 19 heavy (non-hydrogen) atoms. The first-order valence-electron chi connectivity index (χ1n) is 6.23. The van der Waals surface area contributed by atoms with Crippen LogP contribution in [-0.2, 0) is 6.54 Å². The third-order valence-corrected chi connectivity index (χ3v) is 3.05. The van der Waals surface area contributed by atoms with Gasteiger partial charge in [0.05, 0.1) is 12.0 Å². The average Bonchev–Trinajstić information content (AvgIpc) is 2.89. The highest BCUT2D eigenvalue weighted by Crippen LogP contribution is 2.18. The van der Waals surface area contributed by atoms with Gasteiger partial charge in [0.25, 0.3) is 0 Å². The number of nitrogens with zero attached hydrogens (tertiary/aromatic N) is 2. The van der Waals surface area contributed by atoms with Crippen LogP contribution in [0.4, 0.5) is 5.69 Å². The molecule has 0 spiro atoms. The lowest BCUT2D eigenvalue weighted by Crippen LogP contribution is -1.95. The van der Waals surface area contributed by atoms with E-state index in [0.717, 1.165) is 23.5 Å². The second kappa shape index (κ2) is 4.98. The van der Waals surface area contributed by atoms with Gasteiger partial charge in [-0.3, -0.25) is 0 Å². The van der Waals surface area contributed by atoms with E-state index in [1.807, 2.05) is 48.8 Å². The van der Waals surface area contributed by atoms with Gasteiger partial charge in [-0.15, -0.1) is 0 Å². The number of rotatable bonds is 3. The lowest BCUT2D eigenvalue weighted by atomic mass is 10.1. The predicted octanol–water partition coefficient (Wildman–Crippen LogP) is 3.18. The first-order valence-corrected chi connectivity index (χ1v) is 6.23. The van der Waals surface area contributed by atoms with Crippen molar-refractivity contribution in [3.05, 3.63) is 72.7 Å². The van der Waals surface area contributed by atoms with Crippen LogP contribution in [-0.4, -0.2) is 9.55 Å². The monoisotopic (exact) mass is 249 g/mol. The molecule has 3 nitrogen and oxygen atoms in total. The van der Waals surface area contributed by atoms with Crippen LogP contribution >= 0.6 is 0 Å². The zero-order chi connectivity index (χ0) is 13.1. The highest BCUT2D eigenvalue weighted by molar-refractivity contribution is 5.61. The molecule has 2 N–H and O–H groups in total. The minimum absolute atomic E-state index is 0.771. The summed E-state index contributed by atoms with van der Waals surface area (Å²) in [6.45, 7) is 0.836. The SMILES string of the molecule is Nc1ccc(-c2cn(Cc3ccccc3)cn2)cc1. The van der Waals surface area contributed by atoms with Gasteiger partial charge in [-0.25, -0.2) is 4.98 Å². The average molecular weight is 249 g/mol. The summed E-state index contributed by atoms with van der Waals surface area (Å²) < 4.78 is 2.08. The fraction of sp³-hybridized carbons (Fsp3) is 0.0625. The van der Waals surface area contributed by atoms with Crippen LogP contribution in [0.2, 0.25) is 0 Å². The number of anilines is 1. The van der Waals surface area contributed by atoms with Crippen molar-refractivity contribution in [3.8, 4) is 11.3 Å². The summed E-state index contributed by atoms with van der Waals surface area (Å²) in [4.78, 5) is 4.43. The molecule has 0 unspecified atom stereocenters. The van der Waals surface area contributed by atoms with E-state index in [9.17, 15) is 0 Å². The highest BCUT2D eigenvalue weighted by Gasteiger charge is 2.02. The quantitative estimate of drug-likeness (QED) is 0.724. The molecule has 0 saturated carbocycles. The van der Waals surface area contributed by atoms with E-state index < -0.39 is 0 Å². The Hall–Kier alpha value is -2.55. The lowest BCUT2D eigenvalue weighted by Gasteiger charge is -2.01. The molecule has 3 rings (SSSR count). The molecule has 0 aliphatic heterocycles. The number of benzene rings is 2. The van der Waals surface area contributed by atoms with Gasteiger partial charge < -0.3 is 10.3 Å². The largest absolute Gasteiger partial charge is 0.399 e. The van der Waals surface area contributed by atoms with Crippen LogP contribution in [0.1, 0.15) is 5.56 Å². The maximum atomic E-state index is 5.69. The fourth-order valence-electron chi connectivity index (χ4n) is 2.04. The Morgan fingerprint density at radius 1 is 0.947 bits per heavy atom. The van der Waals surface area contributed by atoms with Gasteiger partial charge in [-0.1, -0.05) is 42.5 Å². The van der Waals surface area contributed by atoms with Crippen LogP contribution in [0.5, 0.6) is 0 Å². The molecule has 3 aromatic rings. The van der Waals surface area contributed by atoms with Crippen LogP contribution in [0.3, 0.4) is 0 Å². The Morgan fingerprint density at radius 3 is 2.42 bits per heavy atom. The summed E-state index contributed by atoms with van der Waals surface area (Å²) in [5.74, 6) is 0. The molecule has 0 fully saturated rings. The topological polar surface area (TPSA) is 43.8 Å². The van der Waals surface area contributed by atoms with Gasteiger partial charge in [0.15, 0.2) is 0 Å². The fourth-order valence-corrected chi connectivity index (χ4v) is 2.04. The van der Waals surface area contributed by atoms with E-state index in [1.165, 1.54) is 5.56 Å². The summed E-state index contributed by atoms with van der Waals surface area (Å²) in [7, 11) is 0. The standard InChI is InChI=1S/C16H15N3/c17-15-8-6-14(7-9-15)16-11-19(12-18-16)10-13-4-2-1-3-5-13/h1-9,11-12H,10,17H2. The normalized spacial score (nSPS) is 10.5. The van der Waals surface area contributed by atoms with Crippen molar-refractivity contribution in [1.82, 2.24) is 9.55 Å². The zero-order valence-corrected chi connectivity index (χ0v) is 10.5. The molecule has 1 aromatic heterocycles. The molecule has 94 valence electrons. The molecule has 3 heteroatoms. The van der Waals surface area contributed by atoms with Crippen molar-refractivity contribution in [2.24, 2.45) is 0 Å². The molecular weight excluding hydrogens is 234 g/mol. The number of nitrogens with two attached hydrogens (primary N) is 1. The Kier molecular flexibility index (Phi) is 3.02. The Labute approximate surface area is 112 Å². The Balaban J connectivity index is 1.82. The van der Waals surface area contributed by atoms with Gasteiger partial charge in [0, 0.05) is 24.0 Å². The van der Waals surface area contributed by atoms with Crippen molar-refractivity contribution in [3.63, 3.8) is 0 Å². The molecule has 0 radical (unpaired) electrons. The Bertz CT molecular complexity index is 654. The number of aromatic nitrogens is 2. The molecule has 2 aromatic carbocycles. The molecular formula is C16H15N3. The van der Waals surface area contributed by atoms with E-state index in [2.05, 4.69) is 27.9 Å². The lowest BCUT2D eigenvalue weighted by molar-refractivity contribution is 0.797. The van der Waals surface area contributed by atoms with Crippen LogP contribution in [0, 0.1) is 0 Å². The number of nitrogen functional groups attached to an aromatic ring is 1. The van der Waals surface area contributed by atoms with Gasteiger partial charge >= 0.3 is 0 Å². The summed E-state index contributed by atoms with van der Waals surface area (Å²) in [5.41, 5.74) is 9.78. The second-order valence-corrected chi connectivity index (χ2v) is 4.54. The maximum absolute atomic E-state index is 5.69. The third-order valence-electron chi connectivity index (χ3n) is 3.05. The van der Waals surface area contributed by atoms with Crippen molar-refractivity contribution >= 4 is 5.69 Å². The summed E-state index contributed by atoms with van der Waals surface area (Å²) in [6, 6.07) is 18.1. The van der Waals surface area contributed by atoms with E-state index >= 15 is 0 Å². The molecule has 0 atom stereocenters. The number of hydrogen-bond donors (Lipinski definition) is 1. The molecule has 0 saturated heterocycles.